The third-order valence-corrected chi connectivity index (χ3v) is 1.63. The van der Waals surface area contributed by atoms with Crippen molar-refractivity contribution in [1.82, 2.24) is 0 Å². The Morgan fingerprint density at radius 1 is 0.909 bits per heavy atom. The molecule has 1 aromatic rings. The molecule has 3 heteroatoms. The van der Waals surface area contributed by atoms with Crippen molar-refractivity contribution in [3.63, 3.8) is 0 Å². The molecule has 0 aliphatic rings. The average Bonchev–Trinajstić information content (AvgIpc) is 1.97. The summed E-state index contributed by atoms with van der Waals surface area (Å²) < 4.78 is 37.9. The highest BCUT2D eigenvalue weighted by Crippen LogP contribution is 2.17. The molecule has 1 rings (SSSR count). The van der Waals surface area contributed by atoms with Crippen molar-refractivity contribution >= 4 is 0 Å². The summed E-state index contributed by atoms with van der Waals surface area (Å²) in [4.78, 5) is 0. The second-order valence-electron chi connectivity index (χ2n) is 2.40. The first-order valence-corrected chi connectivity index (χ1v) is 3.14. The lowest BCUT2D eigenvalue weighted by Crippen LogP contribution is -1.96. The lowest BCUT2D eigenvalue weighted by molar-refractivity contribution is 0.522. The predicted molar refractivity (Wildman–Crippen MR) is 35.8 cm³/mol. The molecular formula is C8H7F3. The van der Waals surface area contributed by atoms with E-state index in [0.29, 0.717) is 6.07 Å². The van der Waals surface area contributed by atoms with E-state index < -0.39 is 17.5 Å². The molecule has 0 radical (unpaired) electrons. The van der Waals surface area contributed by atoms with Crippen LogP contribution in [-0.4, -0.2) is 0 Å². The van der Waals surface area contributed by atoms with Gasteiger partial charge in [-0.3, -0.25) is 0 Å². The summed E-state index contributed by atoms with van der Waals surface area (Å²) in [6, 6.07) is 0.688. The Morgan fingerprint density at radius 2 is 1.27 bits per heavy atom. The second kappa shape index (κ2) is 2.57. The molecule has 0 aromatic heterocycles. The van der Waals surface area contributed by atoms with Crippen LogP contribution in [0.2, 0.25) is 0 Å². The van der Waals surface area contributed by atoms with E-state index in [-0.39, 0.29) is 11.1 Å². The van der Waals surface area contributed by atoms with Gasteiger partial charge in [-0.15, -0.1) is 0 Å². The van der Waals surface area contributed by atoms with E-state index in [0.717, 1.165) is 0 Å². The smallest absolute Gasteiger partial charge is 0.134 e. The first-order chi connectivity index (χ1) is 5.04. The van der Waals surface area contributed by atoms with Crippen molar-refractivity contribution in [2.45, 2.75) is 13.8 Å². The number of hydrogen-bond acceptors (Lipinski definition) is 0. The van der Waals surface area contributed by atoms with Crippen molar-refractivity contribution in [2.75, 3.05) is 0 Å². The first kappa shape index (κ1) is 8.11. The summed E-state index contributed by atoms with van der Waals surface area (Å²) in [6.07, 6.45) is 0. The molecule has 0 saturated heterocycles. The fourth-order valence-corrected chi connectivity index (χ4v) is 0.819. The molecule has 0 spiro atoms. The molecule has 0 atom stereocenters. The molecule has 0 heterocycles. The van der Waals surface area contributed by atoms with Gasteiger partial charge in [-0.05, 0) is 13.8 Å². The Morgan fingerprint density at radius 3 is 1.64 bits per heavy atom. The van der Waals surface area contributed by atoms with Crippen molar-refractivity contribution in [3.8, 4) is 0 Å². The van der Waals surface area contributed by atoms with Gasteiger partial charge in [0.25, 0.3) is 0 Å². The van der Waals surface area contributed by atoms with Crippen LogP contribution in [0.3, 0.4) is 0 Å². The molecule has 11 heavy (non-hydrogen) atoms. The highest BCUT2D eigenvalue weighted by Gasteiger charge is 2.11. The summed E-state index contributed by atoms with van der Waals surface area (Å²) in [5, 5.41) is 0. The van der Waals surface area contributed by atoms with Crippen LogP contribution in [0.15, 0.2) is 6.07 Å². The molecule has 0 fully saturated rings. The monoisotopic (exact) mass is 160 g/mol. The van der Waals surface area contributed by atoms with Crippen LogP contribution in [0.5, 0.6) is 0 Å². The van der Waals surface area contributed by atoms with Gasteiger partial charge in [0.2, 0.25) is 0 Å². The van der Waals surface area contributed by atoms with E-state index in [1.807, 2.05) is 0 Å². The van der Waals surface area contributed by atoms with E-state index in [9.17, 15) is 13.2 Å². The van der Waals surface area contributed by atoms with Crippen LogP contribution < -0.4 is 0 Å². The SMILES string of the molecule is Cc1c(F)cc(F)c(C)c1F. The Hall–Kier alpha value is -0.990. The maximum absolute atomic E-state index is 12.8. The maximum atomic E-state index is 12.8. The molecule has 0 bridgehead atoms. The van der Waals surface area contributed by atoms with Crippen LogP contribution in [-0.2, 0) is 0 Å². The minimum absolute atomic E-state index is 0.135. The van der Waals surface area contributed by atoms with E-state index in [1.165, 1.54) is 13.8 Å². The van der Waals surface area contributed by atoms with Gasteiger partial charge in [-0.1, -0.05) is 0 Å². The predicted octanol–water partition coefficient (Wildman–Crippen LogP) is 2.72. The highest BCUT2D eigenvalue weighted by atomic mass is 19.1. The molecule has 0 N–H and O–H groups in total. The van der Waals surface area contributed by atoms with E-state index in [4.69, 9.17) is 0 Å². The lowest BCUT2D eigenvalue weighted by atomic mass is 10.1. The van der Waals surface area contributed by atoms with E-state index >= 15 is 0 Å². The summed E-state index contributed by atoms with van der Waals surface area (Å²) in [6.45, 7) is 2.55. The maximum Gasteiger partial charge on any atom is 0.134 e. The van der Waals surface area contributed by atoms with Crippen LogP contribution in [0.4, 0.5) is 13.2 Å². The third-order valence-electron chi connectivity index (χ3n) is 1.63. The van der Waals surface area contributed by atoms with E-state index in [1.54, 1.807) is 0 Å². The Labute approximate surface area is 62.7 Å². The fraction of sp³-hybridized carbons (Fsp3) is 0.250. The van der Waals surface area contributed by atoms with E-state index in [2.05, 4.69) is 0 Å². The van der Waals surface area contributed by atoms with Crippen molar-refractivity contribution in [1.29, 1.82) is 0 Å². The van der Waals surface area contributed by atoms with Crippen molar-refractivity contribution < 1.29 is 13.2 Å². The normalized spacial score (nSPS) is 10.3. The standard InChI is InChI=1S/C8H7F3/c1-4-6(9)3-7(10)5(2)8(4)11/h3H,1-2H3. The highest BCUT2D eigenvalue weighted by molar-refractivity contribution is 5.26. The number of halogens is 3. The van der Waals surface area contributed by atoms with Crippen LogP contribution in [0.1, 0.15) is 11.1 Å². The summed E-state index contributed by atoms with van der Waals surface area (Å²) in [5.74, 6) is -2.49. The van der Waals surface area contributed by atoms with Crippen molar-refractivity contribution in [3.05, 3.63) is 34.6 Å². The van der Waals surface area contributed by atoms with Gasteiger partial charge in [-0.2, -0.15) is 0 Å². The van der Waals surface area contributed by atoms with Gasteiger partial charge in [0.1, 0.15) is 17.5 Å². The third kappa shape index (κ3) is 1.23. The first-order valence-electron chi connectivity index (χ1n) is 3.14. The van der Waals surface area contributed by atoms with Crippen LogP contribution in [0.25, 0.3) is 0 Å². The molecule has 0 saturated carbocycles. The Kier molecular flexibility index (Phi) is 1.89. The number of rotatable bonds is 0. The second-order valence-corrected chi connectivity index (χ2v) is 2.40. The summed E-state index contributed by atoms with van der Waals surface area (Å²) in [7, 11) is 0. The average molecular weight is 160 g/mol. The van der Waals surface area contributed by atoms with Gasteiger partial charge in [0.15, 0.2) is 0 Å². The minimum Gasteiger partial charge on any atom is -0.206 e. The zero-order valence-electron chi connectivity index (χ0n) is 6.21. The molecular weight excluding hydrogens is 153 g/mol. The summed E-state index contributed by atoms with van der Waals surface area (Å²) >= 11 is 0. The van der Waals surface area contributed by atoms with Crippen LogP contribution in [0, 0.1) is 31.3 Å². The van der Waals surface area contributed by atoms with Gasteiger partial charge >= 0.3 is 0 Å². The topological polar surface area (TPSA) is 0 Å². The largest absolute Gasteiger partial charge is 0.206 e. The zero-order chi connectivity index (χ0) is 8.59. The molecule has 0 nitrogen and oxygen atoms in total. The molecule has 0 aliphatic carbocycles. The molecule has 0 aliphatic heterocycles. The van der Waals surface area contributed by atoms with Gasteiger partial charge in [0, 0.05) is 17.2 Å². The molecule has 1 aromatic carbocycles. The van der Waals surface area contributed by atoms with Crippen LogP contribution >= 0.6 is 0 Å². The Bertz CT molecular complexity index is 266. The minimum atomic E-state index is -0.842. The van der Waals surface area contributed by atoms with Gasteiger partial charge in [0.05, 0.1) is 0 Å². The molecule has 60 valence electrons. The van der Waals surface area contributed by atoms with Gasteiger partial charge in [-0.25, -0.2) is 13.2 Å². The fourth-order valence-electron chi connectivity index (χ4n) is 0.819. The lowest BCUT2D eigenvalue weighted by Gasteiger charge is -2.02. The number of benzene rings is 1. The zero-order valence-corrected chi connectivity index (χ0v) is 6.21. The quantitative estimate of drug-likeness (QED) is 0.547. The van der Waals surface area contributed by atoms with Crippen molar-refractivity contribution in [2.24, 2.45) is 0 Å². The van der Waals surface area contributed by atoms with Gasteiger partial charge < -0.3 is 0 Å². The molecule has 0 unspecified atom stereocenters. The number of hydrogen-bond donors (Lipinski definition) is 0. The Balaban J connectivity index is 3.46. The summed E-state index contributed by atoms with van der Waals surface area (Å²) in [5.41, 5.74) is -0.271. The molecule has 0 amide bonds.